The Morgan fingerprint density at radius 2 is 2.00 bits per heavy atom. The van der Waals surface area contributed by atoms with Crippen LogP contribution in [-0.4, -0.2) is 5.54 Å². The number of hydrogen-bond donors (Lipinski definition) is 1. The first kappa shape index (κ1) is 10.7. The molecule has 2 rings (SSSR count). The maximum atomic E-state index is 6.53. The van der Waals surface area contributed by atoms with Crippen LogP contribution in [0.5, 0.6) is 0 Å². The first-order chi connectivity index (χ1) is 7.26. The molecule has 1 aromatic carbocycles. The van der Waals surface area contributed by atoms with E-state index >= 15 is 0 Å². The molecule has 1 fully saturated rings. The second-order valence-corrected chi connectivity index (χ2v) is 4.80. The van der Waals surface area contributed by atoms with Crippen LogP contribution < -0.4 is 5.73 Å². The molecular weight excluding hydrogens is 182 g/mol. The lowest BCUT2D eigenvalue weighted by molar-refractivity contribution is 0.243. The molecule has 1 saturated carbocycles. The molecule has 0 heterocycles. The average Bonchev–Trinajstić information content (AvgIpc) is 2.31. The zero-order chi connectivity index (χ0) is 10.7. The van der Waals surface area contributed by atoms with Crippen molar-refractivity contribution in [2.24, 2.45) is 5.73 Å². The molecular formula is C14H21N. The summed E-state index contributed by atoms with van der Waals surface area (Å²) in [6, 6.07) is 10.8. The molecule has 1 aliphatic carbocycles. The van der Waals surface area contributed by atoms with E-state index in [0.29, 0.717) is 5.92 Å². The molecule has 1 heteroatoms. The van der Waals surface area contributed by atoms with Gasteiger partial charge in [-0.05, 0) is 24.8 Å². The molecule has 2 N–H and O–H groups in total. The van der Waals surface area contributed by atoms with E-state index in [2.05, 4.69) is 37.3 Å². The molecule has 2 atom stereocenters. The standard InChI is InChI=1S/C14H21N/c1-2-14(15)11-7-6-10-13(14)12-8-4-3-5-9-12/h3-5,8-9,13H,2,6-7,10-11,15H2,1H3. The molecule has 2 unspecified atom stereocenters. The van der Waals surface area contributed by atoms with Gasteiger partial charge in [0.2, 0.25) is 0 Å². The summed E-state index contributed by atoms with van der Waals surface area (Å²) in [5, 5.41) is 0. The van der Waals surface area contributed by atoms with Gasteiger partial charge in [0.25, 0.3) is 0 Å². The van der Waals surface area contributed by atoms with Gasteiger partial charge in [0.15, 0.2) is 0 Å². The van der Waals surface area contributed by atoms with Crippen molar-refractivity contribution in [2.45, 2.75) is 50.5 Å². The zero-order valence-corrected chi connectivity index (χ0v) is 9.58. The fraction of sp³-hybridized carbons (Fsp3) is 0.571. The average molecular weight is 203 g/mol. The summed E-state index contributed by atoms with van der Waals surface area (Å²) < 4.78 is 0. The van der Waals surface area contributed by atoms with Crippen LogP contribution in [0.4, 0.5) is 0 Å². The zero-order valence-electron chi connectivity index (χ0n) is 9.58. The summed E-state index contributed by atoms with van der Waals surface area (Å²) in [6.45, 7) is 2.22. The molecule has 0 saturated heterocycles. The Balaban J connectivity index is 2.26. The highest BCUT2D eigenvalue weighted by molar-refractivity contribution is 5.24. The van der Waals surface area contributed by atoms with Crippen LogP contribution in [0.15, 0.2) is 30.3 Å². The summed E-state index contributed by atoms with van der Waals surface area (Å²) in [5.74, 6) is 0.567. The van der Waals surface area contributed by atoms with Gasteiger partial charge < -0.3 is 5.73 Å². The highest BCUT2D eigenvalue weighted by Gasteiger charge is 2.36. The van der Waals surface area contributed by atoms with Gasteiger partial charge >= 0.3 is 0 Å². The van der Waals surface area contributed by atoms with E-state index in [4.69, 9.17) is 5.73 Å². The second kappa shape index (κ2) is 4.36. The maximum absolute atomic E-state index is 6.53. The van der Waals surface area contributed by atoms with E-state index in [-0.39, 0.29) is 5.54 Å². The van der Waals surface area contributed by atoms with Crippen molar-refractivity contribution in [1.29, 1.82) is 0 Å². The van der Waals surface area contributed by atoms with Gasteiger partial charge in [-0.15, -0.1) is 0 Å². The fourth-order valence-corrected chi connectivity index (χ4v) is 2.87. The number of benzene rings is 1. The topological polar surface area (TPSA) is 26.0 Å². The van der Waals surface area contributed by atoms with Crippen LogP contribution in [0.1, 0.15) is 50.5 Å². The molecule has 15 heavy (non-hydrogen) atoms. The summed E-state index contributed by atoms with van der Waals surface area (Å²) in [6.07, 6.45) is 6.16. The van der Waals surface area contributed by atoms with Crippen molar-refractivity contribution in [2.75, 3.05) is 0 Å². The number of rotatable bonds is 2. The largest absolute Gasteiger partial charge is 0.325 e. The van der Waals surface area contributed by atoms with Gasteiger partial charge in [-0.1, -0.05) is 50.1 Å². The van der Waals surface area contributed by atoms with Gasteiger partial charge in [-0.3, -0.25) is 0 Å². The summed E-state index contributed by atoms with van der Waals surface area (Å²) >= 11 is 0. The lowest BCUT2D eigenvalue weighted by Gasteiger charge is -2.41. The highest BCUT2D eigenvalue weighted by atomic mass is 14.8. The molecule has 0 spiro atoms. The molecule has 1 aliphatic rings. The van der Waals surface area contributed by atoms with Crippen molar-refractivity contribution in [3.8, 4) is 0 Å². The van der Waals surface area contributed by atoms with Gasteiger partial charge in [0.1, 0.15) is 0 Å². The van der Waals surface area contributed by atoms with Crippen LogP contribution in [0.3, 0.4) is 0 Å². The predicted molar refractivity (Wildman–Crippen MR) is 64.9 cm³/mol. The van der Waals surface area contributed by atoms with Crippen molar-refractivity contribution in [3.63, 3.8) is 0 Å². The van der Waals surface area contributed by atoms with Crippen molar-refractivity contribution in [3.05, 3.63) is 35.9 Å². The van der Waals surface area contributed by atoms with E-state index in [0.717, 1.165) is 6.42 Å². The molecule has 0 amide bonds. The van der Waals surface area contributed by atoms with Gasteiger partial charge in [-0.2, -0.15) is 0 Å². The molecule has 1 nitrogen and oxygen atoms in total. The Hall–Kier alpha value is -0.820. The lowest BCUT2D eigenvalue weighted by atomic mass is 9.69. The van der Waals surface area contributed by atoms with E-state index < -0.39 is 0 Å². The quantitative estimate of drug-likeness (QED) is 0.782. The van der Waals surface area contributed by atoms with Gasteiger partial charge in [0.05, 0.1) is 0 Å². The maximum Gasteiger partial charge on any atom is 0.0221 e. The summed E-state index contributed by atoms with van der Waals surface area (Å²) in [7, 11) is 0. The third-order valence-electron chi connectivity index (χ3n) is 3.94. The third kappa shape index (κ3) is 2.07. The molecule has 82 valence electrons. The van der Waals surface area contributed by atoms with Crippen LogP contribution in [0, 0.1) is 0 Å². The van der Waals surface area contributed by atoms with E-state index in [1.165, 1.54) is 31.2 Å². The van der Waals surface area contributed by atoms with Gasteiger partial charge in [-0.25, -0.2) is 0 Å². The Labute approximate surface area is 92.7 Å². The Morgan fingerprint density at radius 1 is 1.27 bits per heavy atom. The minimum absolute atomic E-state index is 0.0413. The van der Waals surface area contributed by atoms with Crippen LogP contribution in [-0.2, 0) is 0 Å². The minimum Gasteiger partial charge on any atom is -0.325 e. The predicted octanol–water partition coefficient (Wildman–Crippen LogP) is 3.45. The minimum atomic E-state index is 0.0413. The number of nitrogens with two attached hydrogens (primary N) is 1. The Morgan fingerprint density at radius 3 is 2.67 bits per heavy atom. The molecule has 0 aromatic heterocycles. The summed E-state index contributed by atoms with van der Waals surface area (Å²) in [4.78, 5) is 0. The van der Waals surface area contributed by atoms with Crippen LogP contribution in [0.2, 0.25) is 0 Å². The van der Waals surface area contributed by atoms with E-state index in [1.807, 2.05) is 0 Å². The van der Waals surface area contributed by atoms with Crippen LogP contribution >= 0.6 is 0 Å². The monoisotopic (exact) mass is 203 g/mol. The number of hydrogen-bond acceptors (Lipinski definition) is 1. The van der Waals surface area contributed by atoms with Crippen molar-refractivity contribution in [1.82, 2.24) is 0 Å². The first-order valence-electron chi connectivity index (χ1n) is 6.10. The summed E-state index contributed by atoms with van der Waals surface area (Å²) in [5.41, 5.74) is 8.01. The normalized spacial score (nSPS) is 31.5. The lowest BCUT2D eigenvalue weighted by Crippen LogP contribution is -2.47. The van der Waals surface area contributed by atoms with Gasteiger partial charge in [0, 0.05) is 11.5 Å². The molecule has 0 radical (unpaired) electrons. The van der Waals surface area contributed by atoms with Crippen molar-refractivity contribution < 1.29 is 0 Å². The first-order valence-corrected chi connectivity index (χ1v) is 6.10. The van der Waals surface area contributed by atoms with E-state index in [9.17, 15) is 0 Å². The Kier molecular flexibility index (Phi) is 3.11. The third-order valence-corrected chi connectivity index (χ3v) is 3.94. The van der Waals surface area contributed by atoms with Crippen molar-refractivity contribution >= 4 is 0 Å². The second-order valence-electron chi connectivity index (χ2n) is 4.80. The highest BCUT2D eigenvalue weighted by Crippen LogP contribution is 2.40. The molecule has 1 aromatic rings. The van der Waals surface area contributed by atoms with E-state index in [1.54, 1.807) is 0 Å². The molecule has 0 bridgehead atoms. The molecule has 0 aliphatic heterocycles. The Bertz CT molecular complexity index is 306. The SMILES string of the molecule is CCC1(N)CCCCC1c1ccccc1. The fourth-order valence-electron chi connectivity index (χ4n) is 2.87. The van der Waals surface area contributed by atoms with Crippen LogP contribution in [0.25, 0.3) is 0 Å². The smallest absolute Gasteiger partial charge is 0.0221 e.